The van der Waals surface area contributed by atoms with Crippen LogP contribution < -0.4 is 0 Å². The number of rotatable bonds is 6. The van der Waals surface area contributed by atoms with Gasteiger partial charge < -0.3 is 0 Å². The van der Waals surface area contributed by atoms with E-state index in [-0.39, 0.29) is 23.9 Å². The molecule has 2 atom stereocenters. The number of hydrogen-bond donors (Lipinski definition) is 0. The van der Waals surface area contributed by atoms with Gasteiger partial charge in [-0.05, 0) is 80.2 Å². The summed E-state index contributed by atoms with van der Waals surface area (Å²) in [6.45, 7) is 4.15. The second-order valence-electron chi connectivity index (χ2n) is 14.4. The molecule has 4 heteroatoms. The first-order chi connectivity index (χ1) is 26.5. The van der Waals surface area contributed by atoms with Gasteiger partial charge in [0.25, 0.3) is 11.8 Å². The first-order valence-electron chi connectivity index (χ1n) is 18.6. The highest BCUT2D eigenvalue weighted by Crippen LogP contribution is 2.53. The largest absolute Gasteiger partial charge is 0.300 e. The molecule has 8 aromatic carbocycles. The summed E-state index contributed by atoms with van der Waals surface area (Å²) in [5.41, 5.74) is 5.96. The summed E-state index contributed by atoms with van der Waals surface area (Å²) in [6, 6.07) is 57.4. The molecule has 54 heavy (non-hydrogen) atoms. The number of fused-ring (bicyclic) bond motifs is 5. The molecule has 2 unspecified atom stereocenters. The molecular weight excluding hydrogens is 661 g/mol. The van der Waals surface area contributed by atoms with Crippen molar-refractivity contribution in [2.24, 2.45) is 0 Å². The van der Waals surface area contributed by atoms with E-state index in [4.69, 9.17) is 0 Å². The summed E-state index contributed by atoms with van der Waals surface area (Å²) < 4.78 is 0. The zero-order valence-corrected chi connectivity index (χ0v) is 30.0. The highest BCUT2D eigenvalue weighted by Gasteiger charge is 2.51. The Kier molecular flexibility index (Phi) is 7.34. The maximum atomic E-state index is 15.6. The zero-order chi connectivity index (χ0) is 36.5. The van der Waals surface area contributed by atoms with E-state index in [0.717, 1.165) is 65.3 Å². The van der Waals surface area contributed by atoms with Crippen LogP contribution in [0.2, 0.25) is 0 Å². The SMILES string of the molecule is CC(c1ccc2ccccc2c1)N1C(=O)C2=C(c3cccc4ccccc34)N(C(C)c3ccc4ccccc4c3)C(=O)C2=C1c1cccc2ccccc12. The van der Waals surface area contributed by atoms with Crippen LogP contribution in [0, 0.1) is 0 Å². The van der Waals surface area contributed by atoms with Crippen LogP contribution in [-0.4, -0.2) is 21.6 Å². The first kappa shape index (κ1) is 31.9. The molecule has 0 aromatic heterocycles. The lowest BCUT2D eigenvalue weighted by Gasteiger charge is -2.32. The van der Waals surface area contributed by atoms with Crippen molar-refractivity contribution in [2.75, 3.05) is 0 Å². The van der Waals surface area contributed by atoms with Gasteiger partial charge in [0.05, 0.1) is 34.6 Å². The molecule has 0 fully saturated rings. The van der Waals surface area contributed by atoms with E-state index in [2.05, 4.69) is 123 Å². The third kappa shape index (κ3) is 4.84. The van der Waals surface area contributed by atoms with Crippen molar-refractivity contribution in [1.82, 2.24) is 9.80 Å². The fraction of sp³-hybridized carbons (Fsp3) is 0.0800. The average molecular weight is 697 g/mol. The molecule has 2 amide bonds. The molecule has 8 aromatic rings. The lowest BCUT2D eigenvalue weighted by molar-refractivity contribution is -0.125. The van der Waals surface area contributed by atoms with Crippen LogP contribution in [0.15, 0.2) is 181 Å². The number of hydrogen-bond acceptors (Lipinski definition) is 2. The zero-order valence-electron chi connectivity index (χ0n) is 30.0. The van der Waals surface area contributed by atoms with Crippen molar-refractivity contribution >= 4 is 66.3 Å². The minimum atomic E-state index is -0.366. The second kappa shape index (κ2) is 12.4. The molecule has 0 saturated carbocycles. The molecule has 258 valence electrons. The van der Waals surface area contributed by atoms with Crippen LogP contribution in [0.5, 0.6) is 0 Å². The van der Waals surface area contributed by atoms with Crippen molar-refractivity contribution < 1.29 is 9.59 Å². The third-order valence-electron chi connectivity index (χ3n) is 11.4. The van der Waals surface area contributed by atoms with E-state index in [9.17, 15) is 0 Å². The van der Waals surface area contributed by atoms with E-state index < -0.39 is 0 Å². The second-order valence-corrected chi connectivity index (χ2v) is 14.4. The van der Waals surface area contributed by atoms with E-state index in [0.29, 0.717) is 22.5 Å². The molecule has 0 N–H and O–H groups in total. The fourth-order valence-corrected chi connectivity index (χ4v) is 8.70. The van der Waals surface area contributed by atoms with Gasteiger partial charge >= 0.3 is 0 Å². The van der Waals surface area contributed by atoms with Crippen LogP contribution in [0.25, 0.3) is 54.5 Å². The molecule has 2 aliphatic heterocycles. The molecule has 0 bridgehead atoms. The Balaban J connectivity index is 1.26. The Bertz CT molecular complexity index is 2730. The van der Waals surface area contributed by atoms with Crippen molar-refractivity contribution in [3.05, 3.63) is 203 Å². The standard InChI is InChI=1S/C50H36N2O2/c1-31(37-27-25-33-13-3-5-17-39(33)29-37)51-47(43-23-11-19-35-15-7-9-21-41(35)43)45-46(49(51)53)48(44-24-12-20-36-16-8-10-22-42(36)44)52(50(45)54)32(2)38-28-26-34-14-4-6-18-40(34)30-38/h3-32H,1-2H3. The van der Waals surface area contributed by atoms with E-state index in [1.807, 2.05) is 70.5 Å². The molecule has 0 radical (unpaired) electrons. The minimum Gasteiger partial charge on any atom is -0.300 e. The number of benzene rings is 8. The van der Waals surface area contributed by atoms with Crippen LogP contribution in [0.4, 0.5) is 0 Å². The molecule has 10 rings (SSSR count). The van der Waals surface area contributed by atoms with E-state index in [1.54, 1.807) is 0 Å². The van der Waals surface area contributed by atoms with Crippen LogP contribution in [0.1, 0.15) is 48.2 Å². The normalized spacial score (nSPS) is 15.7. The van der Waals surface area contributed by atoms with E-state index in [1.165, 1.54) is 0 Å². The highest BCUT2D eigenvalue weighted by molar-refractivity contribution is 6.32. The lowest BCUT2D eigenvalue weighted by Crippen LogP contribution is -2.33. The monoisotopic (exact) mass is 696 g/mol. The van der Waals surface area contributed by atoms with Crippen LogP contribution >= 0.6 is 0 Å². The van der Waals surface area contributed by atoms with Gasteiger partial charge in [0.15, 0.2) is 0 Å². The van der Waals surface area contributed by atoms with Crippen LogP contribution in [-0.2, 0) is 9.59 Å². The Morgan fingerprint density at radius 3 is 1.15 bits per heavy atom. The molecule has 4 nitrogen and oxygen atoms in total. The van der Waals surface area contributed by atoms with Gasteiger partial charge in [-0.1, -0.05) is 158 Å². The maximum absolute atomic E-state index is 15.6. The summed E-state index contributed by atoms with van der Waals surface area (Å²) >= 11 is 0. The van der Waals surface area contributed by atoms with Crippen molar-refractivity contribution in [2.45, 2.75) is 25.9 Å². The summed E-state index contributed by atoms with van der Waals surface area (Å²) in [4.78, 5) is 34.9. The molecular formula is C50H36N2O2. The molecule has 0 aliphatic carbocycles. The van der Waals surface area contributed by atoms with Crippen molar-refractivity contribution in [3.63, 3.8) is 0 Å². The Labute approximate surface area is 313 Å². The van der Waals surface area contributed by atoms with Crippen molar-refractivity contribution in [3.8, 4) is 0 Å². The molecule has 2 heterocycles. The fourth-order valence-electron chi connectivity index (χ4n) is 8.70. The smallest absolute Gasteiger partial charge is 0.261 e. The van der Waals surface area contributed by atoms with Crippen molar-refractivity contribution in [1.29, 1.82) is 0 Å². The Morgan fingerprint density at radius 2 is 0.722 bits per heavy atom. The quantitative estimate of drug-likeness (QED) is 0.174. The summed E-state index contributed by atoms with van der Waals surface area (Å²) in [7, 11) is 0. The van der Waals surface area contributed by atoms with Crippen LogP contribution in [0.3, 0.4) is 0 Å². The Morgan fingerprint density at radius 1 is 0.370 bits per heavy atom. The predicted octanol–water partition coefficient (Wildman–Crippen LogP) is 11.6. The summed E-state index contributed by atoms with van der Waals surface area (Å²) in [6.07, 6.45) is 0. The van der Waals surface area contributed by atoms with Gasteiger partial charge in [0.2, 0.25) is 0 Å². The molecule has 0 spiro atoms. The topological polar surface area (TPSA) is 40.6 Å². The third-order valence-corrected chi connectivity index (χ3v) is 11.4. The first-order valence-corrected chi connectivity index (χ1v) is 18.6. The molecule has 0 saturated heterocycles. The highest BCUT2D eigenvalue weighted by atomic mass is 16.2. The lowest BCUT2D eigenvalue weighted by atomic mass is 9.96. The number of carbonyl (C=O) groups excluding carboxylic acids is 2. The van der Waals surface area contributed by atoms with Gasteiger partial charge in [0, 0.05) is 11.1 Å². The number of nitrogens with zero attached hydrogens (tertiary/aromatic N) is 2. The maximum Gasteiger partial charge on any atom is 0.261 e. The Hall–Kier alpha value is -6.78. The average Bonchev–Trinajstić information content (AvgIpc) is 3.69. The molecule has 2 aliphatic rings. The number of amides is 2. The van der Waals surface area contributed by atoms with Gasteiger partial charge in [-0.3, -0.25) is 19.4 Å². The van der Waals surface area contributed by atoms with Gasteiger partial charge in [-0.25, -0.2) is 0 Å². The summed E-state index contributed by atoms with van der Waals surface area (Å²) in [5.74, 6) is -0.337. The minimum absolute atomic E-state index is 0.168. The predicted molar refractivity (Wildman–Crippen MR) is 220 cm³/mol. The van der Waals surface area contributed by atoms with E-state index >= 15 is 9.59 Å². The number of carbonyl (C=O) groups is 2. The van der Waals surface area contributed by atoms with Gasteiger partial charge in [0.1, 0.15) is 0 Å². The van der Waals surface area contributed by atoms with Gasteiger partial charge in [-0.15, -0.1) is 0 Å². The van der Waals surface area contributed by atoms with Gasteiger partial charge in [-0.2, -0.15) is 0 Å². The summed E-state index contributed by atoms with van der Waals surface area (Å²) in [5, 5.41) is 8.58.